The summed E-state index contributed by atoms with van der Waals surface area (Å²) in [4.78, 5) is 15.0. The van der Waals surface area contributed by atoms with Gasteiger partial charge in [0.1, 0.15) is 0 Å². The fourth-order valence-electron chi connectivity index (χ4n) is 4.09. The molecule has 4 rings (SSSR count). The van der Waals surface area contributed by atoms with Crippen LogP contribution in [-0.4, -0.2) is 12.8 Å². The number of rotatable bonds is 4. The lowest BCUT2D eigenvalue weighted by atomic mass is 9.78. The first kappa shape index (κ1) is 17.8. The van der Waals surface area contributed by atoms with Crippen molar-refractivity contribution in [3.8, 4) is 0 Å². The molecule has 0 amide bonds. The number of furan rings is 1. The number of allylic oxidation sites excluding steroid dienone is 3. The van der Waals surface area contributed by atoms with Gasteiger partial charge in [-0.15, -0.1) is 6.58 Å². The standard InChI is InChI=1S/C23H20BrNO2/c1-4-13-23(2)17-10-9-15-7-5-6-8-16(15)22(17)25(3)20(23)14-18(26)19-11-12-21(24)27-19/h4-12,14H,1,13H2,2-3H3. The zero-order valence-corrected chi connectivity index (χ0v) is 16.9. The normalized spacial score (nSPS) is 20.3. The summed E-state index contributed by atoms with van der Waals surface area (Å²) in [6, 6.07) is 16.1. The van der Waals surface area contributed by atoms with Gasteiger partial charge in [0.15, 0.2) is 10.4 Å². The number of carbonyl (C=O) groups excluding carboxylic acids is 1. The van der Waals surface area contributed by atoms with E-state index in [9.17, 15) is 4.79 Å². The van der Waals surface area contributed by atoms with E-state index in [1.54, 1.807) is 18.2 Å². The minimum absolute atomic E-state index is 0.144. The van der Waals surface area contributed by atoms with E-state index in [2.05, 4.69) is 64.7 Å². The number of halogens is 1. The molecule has 27 heavy (non-hydrogen) atoms. The summed E-state index contributed by atoms with van der Waals surface area (Å²) in [6.07, 6.45) is 4.35. The van der Waals surface area contributed by atoms with Gasteiger partial charge in [-0.2, -0.15) is 0 Å². The second-order valence-electron chi connectivity index (χ2n) is 7.06. The predicted octanol–water partition coefficient (Wildman–Crippen LogP) is 6.25. The number of nitrogens with zero attached hydrogens (tertiary/aromatic N) is 1. The van der Waals surface area contributed by atoms with Crippen LogP contribution in [0.2, 0.25) is 0 Å². The number of carbonyl (C=O) groups is 1. The Bertz CT molecular complexity index is 1090. The van der Waals surface area contributed by atoms with Crippen LogP contribution >= 0.6 is 15.9 Å². The molecule has 4 heteroatoms. The van der Waals surface area contributed by atoms with Crippen molar-refractivity contribution in [3.63, 3.8) is 0 Å². The highest BCUT2D eigenvalue weighted by atomic mass is 79.9. The average molecular weight is 422 g/mol. The monoisotopic (exact) mass is 421 g/mol. The number of likely N-dealkylation sites (N-methyl/N-ethyl adjacent to an activating group) is 1. The van der Waals surface area contributed by atoms with Crippen LogP contribution in [0.4, 0.5) is 5.69 Å². The van der Waals surface area contributed by atoms with Gasteiger partial charge in [0, 0.05) is 29.6 Å². The van der Waals surface area contributed by atoms with Crippen LogP contribution in [-0.2, 0) is 5.41 Å². The number of hydrogen-bond acceptors (Lipinski definition) is 3. The van der Waals surface area contributed by atoms with Crippen molar-refractivity contribution < 1.29 is 9.21 Å². The second-order valence-corrected chi connectivity index (χ2v) is 7.85. The largest absolute Gasteiger partial charge is 0.446 e. The molecule has 0 N–H and O–H groups in total. The molecule has 0 radical (unpaired) electrons. The van der Waals surface area contributed by atoms with E-state index >= 15 is 0 Å². The van der Waals surface area contributed by atoms with Crippen LogP contribution in [0.3, 0.4) is 0 Å². The van der Waals surface area contributed by atoms with Crippen molar-refractivity contribution in [2.24, 2.45) is 0 Å². The fraction of sp³-hybridized carbons (Fsp3) is 0.174. The van der Waals surface area contributed by atoms with Crippen LogP contribution in [0.15, 0.2) is 82.0 Å². The molecule has 2 heterocycles. The first-order chi connectivity index (χ1) is 13.0. The van der Waals surface area contributed by atoms with Gasteiger partial charge < -0.3 is 9.32 Å². The summed E-state index contributed by atoms with van der Waals surface area (Å²) in [7, 11) is 2.02. The molecule has 2 aromatic carbocycles. The van der Waals surface area contributed by atoms with Gasteiger partial charge in [0.25, 0.3) is 0 Å². The third kappa shape index (κ3) is 2.76. The maximum atomic E-state index is 12.8. The van der Waals surface area contributed by atoms with Crippen LogP contribution < -0.4 is 4.90 Å². The van der Waals surface area contributed by atoms with E-state index in [0.717, 1.165) is 17.8 Å². The molecule has 0 spiro atoms. The van der Waals surface area contributed by atoms with Gasteiger partial charge in [-0.1, -0.05) is 42.5 Å². The minimum atomic E-state index is -0.324. The summed E-state index contributed by atoms with van der Waals surface area (Å²) in [5.74, 6) is 0.180. The van der Waals surface area contributed by atoms with Crippen molar-refractivity contribution in [2.45, 2.75) is 18.8 Å². The van der Waals surface area contributed by atoms with Crippen molar-refractivity contribution >= 4 is 38.2 Å². The molecule has 1 unspecified atom stereocenters. The Morgan fingerprint density at radius 1 is 1.22 bits per heavy atom. The fourth-order valence-corrected chi connectivity index (χ4v) is 4.40. The molecule has 1 aromatic heterocycles. The smallest absolute Gasteiger partial charge is 0.222 e. The quantitative estimate of drug-likeness (QED) is 0.283. The summed E-state index contributed by atoms with van der Waals surface area (Å²) in [6.45, 7) is 6.12. The topological polar surface area (TPSA) is 33.5 Å². The molecule has 0 saturated carbocycles. The van der Waals surface area contributed by atoms with Gasteiger partial charge in [-0.3, -0.25) is 4.79 Å². The molecule has 3 nitrogen and oxygen atoms in total. The van der Waals surface area contributed by atoms with E-state index in [1.165, 1.54) is 16.3 Å². The van der Waals surface area contributed by atoms with E-state index in [1.807, 2.05) is 19.2 Å². The molecule has 1 aliphatic heterocycles. The third-order valence-electron chi connectivity index (χ3n) is 5.39. The van der Waals surface area contributed by atoms with Crippen LogP contribution in [0.5, 0.6) is 0 Å². The van der Waals surface area contributed by atoms with Gasteiger partial charge in [-0.25, -0.2) is 0 Å². The summed E-state index contributed by atoms with van der Waals surface area (Å²) in [5, 5.41) is 2.37. The van der Waals surface area contributed by atoms with Crippen molar-refractivity contribution in [1.29, 1.82) is 0 Å². The van der Waals surface area contributed by atoms with Gasteiger partial charge in [-0.05, 0) is 52.4 Å². The van der Waals surface area contributed by atoms with Crippen LogP contribution in [0, 0.1) is 0 Å². The first-order valence-electron chi connectivity index (χ1n) is 8.84. The molecule has 0 aliphatic carbocycles. The lowest BCUT2D eigenvalue weighted by Crippen LogP contribution is -2.26. The van der Waals surface area contributed by atoms with E-state index < -0.39 is 0 Å². The molecule has 0 bridgehead atoms. The SMILES string of the molecule is C=CCC1(C)C(=CC(=O)c2ccc(Br)o2)N(C)c2c1ccc1ccccc21. The third-order valence-corrected chi connectivity index (χ3v) is 5.82. The predicted molar refractivity (Wildman–Crippen MR) is 113 cm³/mol. The Morgan fingerprint density at radius 2 is 2.00 bits per heavy atom. The molecule has 1 atom stereocenters. The van der Waals surface area contributed by atoms with E-state index in [4.69, 9.17) is 4.42 Å². The van der Waals surface area contributed by atoms with Crippen LogP contribution in [0.1, 0.15) is 29.5 Å². The number of fused-ring (bicyclic) bond motifs is 3. The molecule has 136 valence electrons. The highest BCUT2D eigenvalue weighted by Gasteiger charge is 2.42. The highest BCUT2D eigenvalue weighted by molar-refractivity contribution is 9.10. The summed E-state index contributed by atoms with van der Waals surface area (Å²) < 4.78 is 6.00. The Labute approximate surface area is 167 Å². The van der Waals surface area contributed by atoms with E-state index in [0.29, 0.717) is 10.4 Å². The number of benzene rings is 2. The van der Waals surface area contributed by atoms with E-state index in [-0.39, 0.29) is 11.2 Å². The second kappa shape index (κ2) is 6.54. The molecular weight excluding hydrogens is 402 g/mol. The first-order valence-corrected chi connectivity index (χ1v) is 9.63. The summed E-state index contributed by atoms with van der Waals surface area (Å²) >= 11 is 3.26. The Morgan fingerprint density at radius 3 is 2.70 bits per heavy atom. The van der Waals surface area contributed by atoms with Gasteiger partial charge in [0.2, 0.25) is 5.78 Å². The maximum absolute atomic E-state index is 12.8. The lowest BCUT2D eigenvalue weighted by Gasteiger charge is -2.27. The Balaban J connectivity index is 1.91. The van der Waals surface area contributed by atoms with Crippen LogP contribution in [0.25, 0.3) is 10.8 Å². The minimum Gasteiger partial charge on any atom is -0.446 e. The van der Waals surface area contributed by atoms with Crippen molar-refractivity contribution in [3.05, 3.63) is 89.0 Å². The number of ketones is 1. The summed E-state index contributed by atoms with van der Waals surface area (Å²) in [5.41, 5.74) is 2.99. The maximum Gasteiger partial charge on any atom is 0.222 e. The van der Waals surface area contributed by atoms with Gasteiger partial charge >= 0.3 is 0 Å². The zero-order valence-electron chi connectivity index (χ0n) is 15.3. The molecular formula is C23H20BrNO2. The van der Waals surface area contributed by atoms with Crippen molar-refractivity contribution in [1.82, 2.24) is 0 Å². The number of hydrogen-bond donors (Lipinski definition) is 0. The molecule has 1 aliphatic rings. The average Bonchev–Trinajstić information content (AvgIpc) is 3.18. The Hall–Kier alpha value is -2.59. The van der Waals surface area contributed by atoms with Gasteiger partial charge in [0.05, 0.1) is 5.69 Å². The molecule has 0 fully saturated rings. The molecule has 3 aromatic rings. The lowest BCUT2D eigenvalue weighted by molar-refractivity contribution is 0.101. The van der Waals surface area contributed by atoms with Crippen molar-refractivity contribution in [2.75, 3.05) is 11.9 Å². The zero-order chi connectivity index (χ0) is 19.2. The molecule has 0 saturated heterocycles. The number of anilines is 1. The highest BCUT2D eigenvalue weighted by Crippen LogP contribution is 2.52. The Kier molecular flexibility index (Phi) is 4.31.